The van der Waals surface area contributed by atoms with Gasteiger partial charge in [0, 0.05) is 24.2 Å². The maximum atomic E-state index is 11.3. The third-order valence-corrected chi connectivity index (χ3v) is 3.15. The standard InChI is InChI=1S/C14H15NO3/c1-8(2)9-4-11-10(7-16)6-15(3)13(11)12(5-9)14(17)18/h4-8H,1-3H3,(H,17,18). The summed E-state index contributed by atoms with van der Waals surface area (Å²) in [5.74, 6) is -0.756. The van der Waals surface area contributed by atoms with E-state index in [9.17, 15) is 14.7 Å². The van der Waals surface area contributed by atoms with Gasteiger partial charge in [-0.1, -0.05) is 13.8 Å². The van der Waals surface area contributed by atoms with E-state index in [0.717, 1.165) is 11.8 Å². The molecule has 4 nitrogen and oxygen atoms in total. The lowest BCUT2D eigenvalue weighted by molar-refractivity contribution is 0.0698. The predicted octanol–water partition coefficient (Wildman–Crippen LogP) is 2.81. The first kappa shape index (κ1) is 12.4. The number of nitrogens with zero attached hydrogens (tertiary/aromatic N) is 1. The molecule has 1 aromatic carbocycles. The molecule has 0 atom stereocenters. The van der Waals surface area contributed by atoms with Gasteiger partial charge in [0.15, 0.2) is 6.29 Å². The zero-order valence-corrected chi connectivity index (χ0v) is 10.6. The molecule has 0 aliphatic heterocycles. The Morgan fingerprint density at radius 1 is 1.39 bits per heavy atom. The highest BCUT2D eigenvalue weighted by Gasteiger charge is 2.17. The van der Waals surface area contributed by atoms with Crippen LogP contribution in [0.3, 0.4) is 0 Å². The van der Waals surface area contributed by atoms with Gasteiger partial charge in [-0.2, -0.15) is 0 Å². The summed E-state index contributed by atoms with van der Waals surface area (Å²) in [7, 11) is 1.75. The second-order valence-corrected chi connectivity index (χ2v) is 4.74. The minimum Gasteiger partial charge on any atom is -0.478 e. The Hall–Kier alpha value is -2.10. The van der Waals surface area contributed by atoms with E-state index in [1.165, 1.54) is 0 Å². The molecule has 2 aromatic rings. The van der Waals surface area contributed by atoms with E-state index in [0.29, 0.717) is 16.5 Å². The average molecular weight is 245 g/mol. The maximum Gasteiger partial charge on any atom is 0.337 e. The number of hydrogen-bond acceptors (Lipinski definition) is 2. The maximum absolute atomic E-state index is 11.3. The molecular formula is C14H15NO3. The molecule has 1 N–H and O–H groups in total. The molecule has 0 saturated carbocycles. The van der Waals surface area contributed by atoms with Crippen molar-refractivity contribution >= 4 is 23.2 Å². The van der Waals surface area contributed by atoms with Gasteiger partial charge in [-0.15, -0.1) is 0 Å². The molecule has 4 heteroatoms. The largest absolute Gasteiger partial charge is 0.478 e. The summed E-state index contributed by atoms with van der Waals surface area (Å²) in [6.07, 6.45) is 2.42. The van der Waals surface area contributed by atoms with Crippen LogP contribution in [0, 0.1) is 0 Å². The van der Waals surface area contributed by atoms with Gasteiger partial charge < -0.3 is 9.67 Å². The highest BCUT2D eigenvalue weighted by Crippen LogP contribution is 2.28. The molecule has 0 unspecified atom stereocenters. The quantitative estimate of drug-likeness (QED) is 0.846. The molecule has 0 radical (unpaired) electrons. The van der Waals surface area contributed by atoms with Crippen molar-refractivity contribution in [3.63, 3.8) is 0 Å². The first-order valence-corrected chi connectivity index (χ1v) is 5.77. The lowest BCUT2D eigenvalue weighted by Crippen LogP contribution is -2.02. The molecule has 94 valence electrons. The van der Waals surface area contributed by atoms with Crippen molar-refractivity contribution in [1.82, 2.24) is 4.57 Å². The van der Waals surface area contributed by atoms with Gasteiger partial charge in [-0.05, 0) is 23.6 Å². The van der Waals surface area contributed by atoms with E-state index < -0.39 is 5.97 Å². The Balaban J connectivity index is 2.91. The van der Waals surface area contributed by atoms with Crippen LogP contribution in [-0.2, 0) is 7.05 Å². The van der Waals surface area contributed by atoms with Crippen molar-refractivity contribution in [1.29, 1.82) is 0 Å². The molecule has 0 amide bonds. The second kappa shape index (κ2) is 4.29. The van der Waals surface area contributed by atoms with Crippen molar-refractivity contribution in [2.24, 2.45) is 7.05 Å². The van der Waals surface area contributed by atoms with Crippen molar-refractivity contribution in [3.05, 3.63) is 35.0 Å². The molecule has 1 aromatic heterocycles. The number of aldehydes is 1. The number of rotatable bonds is 3. The predicted molar refractivity (Wildman–Crippen MR) is 69.4 cm³/mol. The van der Waals surface area contributed by atoms with Gasteiger partial charge in [-0.3, -0.25) is 4.79 Å². The molecule has 2 rings (SSSR count). The molecule has 1 heterocycles. The van der Waals surface area contributed by atoms with Gasteiger partial charge in [-0.25, -0.2) is 4.79 Å². The molecular weight excluding hydrogens is 230 g/mol. The Morgan fingerprint density at radius 2 is 2.06 bits per heavy atom. The minimum absolute atomic E-state index is 0.215. The van der Waals surface area contributed by atoms with E-state index in [-0.39, 0.29) is 11.5 Å². The first-order valence-electron chi connectivity index (χ1n) is 5.77. The fourth-order valence-corrected chi connectivity index (χ4v) is 2.19. The Morgan fingerprint density at radius 3 is 2.56 bits per heavy atom. The van der Waals surface area contributed by atoms with Gasteiger partial charge in [0.25, 0.3) is 0 Å². The Bertz CT molecular complexity index is 638. The fourth-order valence-electron chi connectivity index (χ4n) is 2.19. The first-order chi connectivity index (χ1) is 8.45. The number of carbonyl (C=O) groups is 2. The SMILES string of the molecule is CC(C)c1cc(C(=O)O)c2c(c1)c(C=O)cn2C. The third-order valence-electron chi connectivity index (χ3n) is 3.15. The molecule has 0 aliphatic carbocycles. The highest BCUT2D eigenvalue weighted by molar-refractivity contribution is 6.07. The Kier molecular flexibility index (Phi) is 2.95. The summed E-state index contributed by atoms with van der Waals surface area (Å²) in [5.41, 5.74) is 2.28. The monoisotopic (exact) mass is 245 g/mol. The molecule has 0 bridgehead atoms. The van der Waals surface area contributed by atoms with Crippen LogP contribution in [0.25, 0.3) is 10.9 Å². The minimum atomic E-state index is -0.971. The summed E-state index contributed by atoms with van der Waals surface area (Å²) in [6.45, 7) is 3.99. The fraction of sp³-hybridized carbons (Fsp3) is 0.286. The number of aryl methyl sites for hydroxylation is 1. The van der Waals surface area contributed by atoms with Gasteiger partial charge in [0.05, 0.1) is 11.1 Å². The van der Waals surface area contributed by atoms with E-state index >= 15 is 0 Å². The van der Waals surface area contributed by atoms with Crippen molar-refractivity contribution < 1.29 is 14.7 Å². The summed E-state index contributed by atoms with van der Waals surface area (Å²) < 4.78 is 1.69. The zero-order valence-electron chi connectivity index (χ0n) is 10.6. The number of carboxylic acids is 1. The number of aromatic nitrogens is 1. The number of fused-ring (bicyclic) bond motifs is 1. The smallest absolute Gasteiger partial charge is 0.337 e. The highest BCUT2D eigenvalue weighted by atomic mass is 16.4. The van der Waals surface area contributed by atoms with Crippen molar-refractivity contribution in [2.75, 3.05) is 0 Å². The van der Waals surface area contributed by atoms with Gasteiger partial charge in [0.1, 0.15) is 0 Å². The van der Waals surface area contributed by atoms with E-state index in [4.69, 9.17) is 0 Å². The lowest BCUT2D eigenvalue weighted by atomic mass is 9.97. The average Bonchev–Trinajstić information content (AvgIpc) is 2.65. The van der Waals surface area contributed by atoms with Crippen LogP contribution in [0.15, 0.2) is 18.3 Å². The number of aromatic carboxylic acids is 1. The van der Waals surface area contributed by atoms with Crippen LogP contribution in [0.1, 0.15) is 46.0 Å². The number of carbonyl (C=O) groups excluding carboxylic acids is 1. The second-order valence-electron chi connectivity index (χ2n) is 4.74. The van der Waals surface area contributed by atoms with E-state index in [1.807, 2.05) is 19.9 Å². The topological polar surface area (TPSA) is 59.3 Å². The summed E-state index contributed by atoms with van der Waals surface area (Å²) in [5, 5.41) is 10.00. The van der Waals surface area contributed by atoms with E-state index in [2.05, 4.69) is 0 Å². The van der Waals surface area contributed by atoms with Crippen LogP contribution in [0.5, 0.6) is 0 Å². The van der Waals surface area contributed by atoms with Gasteiger partial charge in [0.2, 0.25) is 0 Å². The zero-order chi connectivity index (χ0) is 13.4. The lowest BCUT2D eigenvalue weighted by Gasteiger charge is -2.09. The van der Waals surface area contributed by atoms with Crippen LogP contribution in [-0.4, -0.2) is 21.9 Å². The molecule has 0 fully saturated rings. The summed E-state index contributed by atoms with van der Waals surface area (Å²) in [6, 6.07) is 3.58. The van der Waals surface area contributed by atoms with Gasteiger partial charge >= 0.3 is 5.97 Å². The molecule has 18 heavy (non-hydrogen) atoms. The summed E-state index contributed by atoms with van der Waals surface area (Å²) >= 11 is 0. The summed E-state index contributed by atoms with van der Waals surface area (Å²) in [4.78, 5) is 22.4. The normalized spacial score (nSPS) is 11.1. The van der Waals surface area contributed by atoms with Crippen LogP contribution < -0.4 is 0 Å². The van der Waals surface area contributed by atoms with Crippen molar-refractivity contribution in [2.45, 2.75) is 19.8 Å². The van der Waals surface area contributed by atoms with Crippen LogP contribution in [0.2, 0.25) is 0 Å². The Labute approximate surface area is 105 Å². The number of carboxylic acid groups (broad SMARTS) is 1. The molecule has 0 aliphatic rings. The molecule has 0 spiro atoms. The van der Waals surface area contributed by atoms with Crippen LogP contribution in [0.4, 0.5) is 0 Å². The van der Waals surface area contributed by atoms with Crippen LogP contribution >= 0.6 is 0 Å². The van der Waals surface area contributed by atoms with E-state index in [1.54, 1.807) is 23.9 Å². The molecule has 0 saturated heterocycles. The number of hydrogen-bond donors (Lipinski definition) is 1. The number of benzene rings is 1. The van der Waals surface area contributed by atoms with Crippen molar-refractivity contribution in [3.8, 4) is 0 Å². The third kappa shape index (κ3) is 1.79.